The van der Waals surface area contributed by atoms with Gasteiger partial charge in [-0.25, -0.2) is 0 Å². The molecule has 0 aromatic rings. The average molecular weight is 238 g/mol. The fourth-order valence-electron chi connectivity index (χ4n) is 0.869. The molecular formula is C9H24OP2Si. The Morgan fingerprint density at radius 3 is 1.92 bits per heavy atom. The Bertz CT molecular complexity index is 124. The van der Waals surface area contributed by atoms with Gasteiger partial charge < -0.3 is 4.43 Å². The van der Waals surface area contributed by atoms with Crippen LogP contribution in [0.25, 0.3) is 0 Å². The quantitative estimate of drug-likeness (QED) is 0.507. The summed E-state index contributed by atoms with van der Waals surface area (Å²) in [6.07, 6.45) is 2.40. The minimum atomic E-state index is -1.30. The van der Waals surface area contributed by atoms with Gasteiger partial charge in [0.1, 0.15) is 0 Å². The number of rotatable bonds is 6. The lowest BCUT2D eigenvalue weighted by molar-refractivity contribution is 0.379. The van der Waals surface area contributed by atoms with Gasteiger partial charge in [0.05, 0.1) is 6.35 Å². The summed E-state index contributed by atoms with van der Waals surface area (Å²) in [5.74, 6) is 0. The summed E-state index contributed by atoms with van der Waals surface area (Å²) in [7, 11) is -0.900. The van der Waals surface area contributed by atoms with Crippen molar-refractivity contribution >= 4 is 24.2 Å². The highest BCUT2D eigenvalue weighted by Crippen LogP contribution is 2.31. The van der Waals surface area contributed by atoms with Crippen molar-refractivity contribution in [3.63, 3.8) is 0 Å². The number of hydrogen-bond donors (Lipinski definition) is 0. The van der Waals surface area contributed by atoms with Gasteiger partial charge in [-0.15, -0.1) is 7.92 Å². The second-order valence-corrected chi connectivity index (χ2v) is 14.0. The van der Waals surface area contributed by atoms with E-state index in [9.17, 15) is 0 Å². The average Bonchev–Trinajstić information content (AvgIpc) is 1.98. The summed E-state index contributed by atoms with van der Waals surface area (Å²) in [6, 6.07) is 1.34. The Balaban J connectivity index is 3.66. The van der Waals surface area contributed by atoms with Crippen molar-refractivity contribution in [2.75, 3.05) is 39.2 Å². The molecule has 80 valence electrons. The van der Waals surface area contributed by atoms with Gasteiger partial charge in [-0.2, -0.15) is 0 Å². The van der Waals surface area contributed by atoms with Crippen LogP contribution in [0.3, 0.4) is 0 Å². The van der Waals surface area contributed by atoms with E-state index in [1.807, 2.05) is 0 Å². The molecule has 0 aliphatic carbocycles. The maximum atomic E-state index is 6.02. The highest BCUT2D eigenvalue weighted by atomic mass is 31.1. The molecule has 0 bridgehead atoms. The monoisotopic (exact) mass is 238 g/mol. The molecule has 0 rings (SSSR count). The van der Waals surface area contributed by atoms with E-state index in [1.165, 1.54) is 12.2 Å². The molecule has 0 spiro atoms. The molecule has 0 heterocycles. The molecule has 13 heavy (non-hydrogen) atoms. The molecule has 0 aromatic carbocycles. The first-order chi connectivity index (χ1) is 5.83. The Labute approximate surface area is 87.3 Å². The van der Waals surface area contributed by atoms with Crippen molar-refractivity contribution in [1.82, 2.24) is 0 Å². The predicted octanol–water partition coefficient (Wildman–Crippen LogP) is 3.65. The lowest BCUT2D eigenvalue weighted by Gasteiger charge is -2.24. The molecular weight excluding hydrogens is 214 g/mol. The second kappa shape index (κ2) is 6.51. The lowest BCUT2D eigenvalue weighted by Crippen LogP contribution is -2.31. The fraction of sp³-hybridized carbons (Fsp3) is 1.00. The molecule has 0 atom stereocenters. The van der Waals surface area contributed by atoms with Crippen molar-refractivity contribution in [1.29, 1.82) is 0 Å². The molecule has 0 saturated carbocycles. The van der Waals surface area contributed by atoms with Gasteiger partial charge in [0.25, 0.3) is 0 Å². The highest BCUT2D eigenvalue weighted by Gasteiger charge is 2.22. The zero-order chi connectivity index (χ0) is 10.5. The molecule has 0 aliphatic rings. The maximum Gasteiger partial charge on any atom is 0.187 e. The first-order valence-corrected chi connectivity index (χ1v) is 12.7. The van der Waals surface area contributed by atoms with Gasteiger partial charge in [0.15, 0.2) is 8.32 Å². The summed E-state index contributed by atoms with van der Waals surface area (Å²) < 4.78 is 6.02. The third-order valence-electron chi connectivity index (χ3n) is 1.87. The van der Waals surface area contributed by atoms with Gasteiger partial charge in [-0.1, -0.05) is 7.92 Å². The smallest absolute Gasteiger partial charge is 0.187 e. The Morgan fingerprint density at radius 1 is 1.00 bits per heavy atom. The normalized spacial score (nSPS) is 12.9. The van der Waals surface area contributed by atoms with Crippen LogP contribution in [-0.2, 0) is 4.43 Å². The standard InChI is InChI=1S/C9H24OP2Si/c1-11(2)7-8-13(5,6)10-9-12(3)4/h7-9H2,1-6H3. The van der Waals surface area contributed by atoms with Crippen molar-refractivity contribution in [3.8, 4) is 0 Å². The summed E-state index contributed by atoms with van der Waals surface area (Å²) in [6.45, 7) is 14.0. The molecule has 4 heteroatoms. The van der Waals surface area contributed by atoms with Gasteiger partial charge in [0.2, 0.25) is 0 Å². The van der Waals surface area contributed by atoms with Crippen LogP contribution in [0.2, 0.25) is 19.1 Å². The van der Waals surface area contributed by atoms with Crippen LogP contribution in [-0.4, -0.2) is 47.5 Å². The molecule has 0 aliphatic heterocycles. The molecule has 0 aromatic heterocycles. The molecule has 0 amide bonds. The first kappa shape index (κ1) is 14.0. The van der Waals surface area contributed by atoms with Crippen LogP contribution in [0.15, 0.2) is 0 Å². The minimum Gasteiger partial charge on any atom is -0.413 e. The summed E-state index contributed by atoms with van der Waals surface area (Å²) >= 11 is 0. The van der Waals surface area contributed by atoms with E-state index in [-0.39, 0.29) is 15.8 Å². The molecule has 1 nitrogen and oxygen atoms in total. The van der Waals surface area contributed by atoms with Gasteiger partial charge in [-0.05, 0) is 52.0 Å². The zero-order valence-corrected chi connectivity index (χ0v) is 12.7. The third kappa shape index (κ3) is 9.34. The van der Waals surface area contributed by atoms with Gasteiger partial charge >= 0.3 is 0 Å². The maximum absolute atomic E-state index is 6.02. The molecule has 0 saturated heterocycles. The van der Waals surface area contributed by atoms with Gasteiger partial charge in [0, 0.05) is 0 Å². The topological polar surface area (TPSA) is 9.23 Å². The Morgan fingerprint density at radius 2 is 1.54 bits per heavy atom. The first-order valence-electron chi connectivity index (χ1n) is 4.77. The molecule has 0 N–H and O–H groups in total. The van der Waals surface area contributed by atoms with Gasteiger partial charge in [-0.3, -0.25) is 0 Å². The minimum absolute atomic E-state index is 0.127. The summed E-state index contributed by atoms with van der Waals surface area (Å²) in [5, 5.41) is 0. The van der Waals surface area contributed by atoms with E-state index >= 15 is 0 Å². The van der Waals surface area contributed by atoms with Crippen LogP contribution >= 0.6 is 15.8 Å². The van der Waals surface area contributed by atoms with Crippen molar-refractivity contribution in [3.05, 3.63) is 0 Å². The van der Waals surface area contributed by atoms with E-state index in [2.05, 4.69) is 39.8 Å². The molecule has 0 fully saturated rings. The summed E-state index contributed by atoms with van der Waals surface area (Å²) in [4.78, 5) is 0. The Hall–Kier alpha value is 1.04. The third-order valence-corrected chi connectivity index (χ3v) is 6.68. The van der Waals surface area contributed by atoms with E-state index in [4.69, 9.17) is 4.43 Å². The molecule has 0 radical (unpaired) electrons. The Kier molecular flexibility index (Phi) is 7.03. The van der Waals surface area contributed by atoms with Crippen LogP contribution in [0.1, 0.15) is 0 Å². The second-order valence-electron chi connectivity index (χ2n) is 4.67. The SMILES string of the molecule is CP(C)CC[Si](C)(C)OCP(C)C. The largest absolute Gasteiger partial charge is 0.413 e. The zero-order valence-electron chi connectivity index (χ0n) is 9.92. The van der Waals surface area contributed by atoms with E-state index < -0.39 is 8.32 Å². The van der Waals surface area contributed by atoms with E-state index in [0.29, 0.717) is 0 Å². The van der Waals surface area contributed by atoms with Crippen LogP contribution in [0.5, 0.6) is 0 Å². The predicted molar refractivity (Wildman–Crippen MR) is 70.6 cm³/mol. The number of hydrogen-bond acceptors (Lipinski definition) is 1. The van der Waals surface area contributed by atoms with Crippen molar-refractivity contribution in [2.45, 2.75) is 19.1 Å². The van der Waals surface area contributed by atoms with E-state index in [0.717, 1.165) is 6.35 Å². The fourth-order valence-corrected chi connectivity index (χ4v) is 7.39. The lowest BCUT2D eigenvalue weighted by atomic mass is 11.0. The molecule has 0 unspecified atom stereocenters. The highest BCUT2D eigenvalue weighted by molar-refractivity contribution is 7.56. The van der Waals surface area contributed by atoms with Crippen molar-refractivity contribution in [2.24, 2.45) is 0 Å². The van der Waals surface area contributed by atoms with E-state index in [1.54, 1.807) is 0 Å². The van der Waals surface area contributed by atoms with Crippen molar-refractivity contribution < 1.29 is 4.43 Å². The van der Waals surface area contributed by atoms with Crippen LogP contribution < -0.4 is 0 Å². The summed E-state index contributed by atoms with van der Waals surface area (Å²) in [5.41, 5.74) is 0. The van der Waals surface area contributed by atoms with Crippen LogP contribution in [0.4, 0.5) is 0 Å². The van der Waals surface area contributed by atoms with Crippen LogP contribution in [0, 0.1) is 0 Å².